The number of pyridine rings is 1. The SMILES string of the molecule is O=C(CSc1nnc(-c2ccncc2)n1-c1ccc(Cl)cc1)Nc1cc(Cl)cc(Cl)c1. The zero-order valence-corrected chi connectivity index (χ0v) is 18.9. The molecule has 0 fully saturated rings. The Balaban J connectivity index is 1.58. The molecular weight excluding hydrogens is 477 g/mol. The quantitative estimate of drug-likeness (QED) is 0.335. The van der Waals surface area contributed by atoms with Crippen LogP contribution in [0.15, 0.2) is 72.1 Å². The average Bonchev–Trinajstić information content (AvgIpc) is 3.17. The lowest BCUT2D eigenvalue weighted by atomic mass is 10.2. The van der Waals surface area contributed by atoms with Crippen molar-refractivity contribution >= 4 is 58.2 Å². The normalized spacial score (nSPS) is 10.8. The Hall–Kier alpha value is -2.58. The number of nitrogens with one attached hydrogen (secondary N) is 1. The van der Waals surface area contributed by atoms with E-state index in [0.717, 1.165) is 11.3 Å². The van der Waals surface area contributed by atoms with Crippen molar-refractivity contribution in [2.75, 3.05) is 11.1 Å². The van der Waals surface area contributed by atoms with Gasteiger partial charge in [0, 0.05) is 44.4 Å². The van der Waals surface area contributed by atoms with Gasteiger partial charge < -0.3 is 5.32 Å². The largest absolute Gasteiger partial charge is 0.325 e. The van der Waals surface area contributed by atoms with Gasteiger partial charge in [-0.25, -0.2) is 0 Å². The Morgan fingerprint density at radius 3 is 2.26 bits per heavy atom. The lowest BCUT2D eigenvalue weighted by Crippen LogP contribution is -2.14. The van der Waals surface area contributed by atoms with Crippen molar-refractivity contribution in [2.45, 2.75) is 5.16 Å². The fourth-order valence-corrected chi connectivity index (χ4v) is 4.23. The van der Waals surface area contributed by atoms with Crippen LogP contribution >= 0.6 is 46.6 Å². The van der Waals surface area contributed by atoms with Crippen molar-refractivity contribution in [3.63, 3.8) is 0 Å². The molecule has 10 heteroatoms. The molecule has 4 rings (SSSR count). The predicted molar refractivity (Wildman–Crippen MR) is 125 cm³/mol. The summed E-state index contributed by atoms with van der Waals surface area (Å²) in [4.78, 5) is 16.5. The maximum atomic E-state index is 12.5. The van der Waals surface area contributed by atoms with Gasteiger partial charge in [-0.15, -0.1) is 10.2 Å². The highest BCUT2D eigenvalue weighted by atomic mass is 35.5. The number of carbonyl (C=O) groups is 1. The van der Waals surface area contributed by atoms with Crippen molar-refractivity contribution < 1.29 is 4.79 Å². The van der Waals surface area contributed by atoms with E-state index in [9.17, 15) is 4.79 Å². The second-order valence-corrected chi connectivity index (χ2v) is 8.60. The second kappa shape index (κ2) is 9.70. The summed E-state index contributed by atoms with van der Waals surface area (Å²) in [5.41, 5.74) is 2.20. The van der Waals surface area contributed by atoms with Crippen LogP contribution < -0.4 is 5.32 Å². The first-order chi connectivity index (χ1) is 15.0. The summed E-state index contributed by atoms with van der Waals surface area (Å²) in [5.74, 6) is 0.528. The van der Waals surface area contributed by atoms with Crippen molar-refractivity contribution in [3.05, 3.63) is 82.1 Å². The van der Waals surface area contributed by atoms with Crippen LogP contribution in [0.25, 0.3) is 17.1 Å². The van der Waals surface area contributed by atoms with Crippen LogP contribution in [-0.2, 0) is 4.79 Å². The molecule has 0 radical (unpaired) electrons. The number of hydrogen-bond donors (Lipinski definition) is 1. The monoisotopic (exact) mass is 489 g/mol. The zero-order valence-electron chi connectivity index (χ0n) is 15.8. The minimum absolute atomic E-state index is 0.117. The van der Waals surface area contributed by atoms with Crippen LogP contribution in [0.1, 0.15) is 0 Å². The molecule has 0 aliphatic rings. The van der Waals surface area contributed by atoms with Gasteiger partial charge in [0.05, 0.1) is 5.75 Å². The van der Waals surface area contributed by atoms with Gasteiger partial charge in [0.1, 0.15) is 0 Å². The van der Waals surface area contributed by atoms with Crippen molar-refractivity contribution in [2.24, 2.45) is 0 Å². The van der Waals surface area contributed by atoms with Gasteiger partial charge in [0.25, 0.3) is 0 Å². The number of hydrogen-bond acceptors (Lipinski definition) is 5. The van der Waals surface area contributed by atoms with E-state index in [1.54, 1.807) is 42.7 Å². The third-order valence-corrected chi connectivity index (χ3v) is 5.75. The minimum Gasteiger partial charge on any atom is -0.325 e. The van der Waals surface area contributed by atoms with Crippen molar-refractivity contribution in [1.82, 2.24) is 19.7 Å². The van der Waals surface area contributed by atoms with E-state index >= 15 is 0 Å². The fraction of sp³-hybridized carbons (Fsp3) is 0.0476. The molecule has 0 atom stereocenters. The maximum Gasteiger partial charge on any atom is 0.234 e. The molecule has 0 spiro atoms. The molecular formula is C21H14Cl3N5OS. The summed E-state index contributed by atoms with van der Waals surface area (Å²) in [7, 11) is 0. The van der Waals surface area contributed by atoms with E-state index in [-0.39, 0.29) is 11.7 Å². The number of aromatic nitrogens is 4. The van der Waals surface area contributed by atoms with Crippen LogP contribution in [0.5, 0.6) is 0 Å². The van der Waals surface area contributed by atoms with Crippen LogP contribution in [0.3, 0.4) is 0 Å². The maximum absolute atomic E-state index is 12.5. The minimum atomic E-state index is -0.223. The Kier molecular flexibility index (Phi) is 6.77. The number of amides is 1. The summed E-state index contributed by atoms with van der Waals surface area (Å²) in [6, 6.07) is 15.9. The first kappa shape index (κ1) is 21.6. The molecule has 2 heterocycles. The number of benzene rings is 2. The molecule has 0 aliphatic heterocycles. The Labute approximate surface area is 197 Å². The van der Waals surface area contributed by atoms with E-state index in [0.29, 0.717) is 31.7 Å². The molecule has 31 heavy (non-hydrogen) atoms. The standard InChI is InChI=1S/C21H14Cl3N5OS/c22-14-1-3-18(4-2-14)29-20(13-5-7-25-8-6-13)27-28-21(29)31-12-19(30)26-17-10-15(23)9-16(24)11-17/h1-11H,12H2,(H,26,30). The number of rotatable bonds is 6. The Morgan fingerprint density at radius 1 is 0.903 bits per heavy atom. The van der Waals surface area contributed by atoms with Gasteiger partial charge in [-0.05, 0) is 54.6 Å². The van der Waals surface area contributed by atoms with Crippen molar-refractivity contribution in [1.29, 1.82) is 0 Å². The third-order valence-electron chi connectivity index (χ3n) is 4.14. The molecule has 0 unspecified atom stereocenters. The Bertz CT molecular complexity index is 1200. The molecule has 0 saturated heterocycles. The second-order valence-electron chi connectivity index (χ2n) is 6.35. The molecule has 6 nitrogen and oxygen atoms in total. The van der Waals surface area contributed by atoms with Gasteiger partial charge in [0.15, 0.2) is 11.0 Å². The van der Waals surface area contributed by atoms with E-state index in [1.165, 1.54) is 11.8 Å². The summed E-state index contributed by atoms with van der Waals surface area (Å²) < 4.78 is 1.87. The summed E-state index contributed by atoms with van der Waals surface area (Å²) >= 11 is 19.3. The first-order valence-electron chi connectivity index (χ1n) is 9.00. The van der Waals surface area contributed by atoms with Gasteiger partial charge in [0.2, 0.25) is 5.91 Å². The van der Waals surface area contributed by atoms with Crippen LogP contribution in [0, 0.1) is 0 Å². The third kappa shape index (κ3) is 5.37. The number of anilines is 1. The summed E-state index contributed by atoms with van der Waals surface area (Å²) in [6.45, 7) is 0. The molecule has 4 aromatic rings. The molecule has 1 N–H and O–H groups in total. The number of halogens is 3. The molecule has 2 aromatic carbocycles. The summed E-state index contributed by atoms with van der Waals surface area (Å²) in [5, 5.41) is 13.5. The van der Waals surface area contributed by atoms with E-state index in [1.807, 2.05) is 28.8 Å². The summed E-state index contributed by atoms with van der Waals surface area (Å²) in [6.07, 6.45) is 3.37. The van der Waals surface area contributed by atoms with Crippen LogP contribution in [-0.4, -0.2) is 31.4 Å². The molecule has 0 aliphatic carbocycles. The zero-order chi connectivity index (χ0) is 21.8. The highest BCUT2D eigenvalue weighted by Gasteiger charge is 2.17. The number of nitrogens with zero attached hydrogens (tertiary/aromatic N) is 4. The molecule has 0 bridgehead atoms. The molecule has 2 aromatic heterocycles. The number of carbonyl (C=O) groups excluding carboxylic acids is 1. The highest BCUT2D eigenvalue weighted by molar-refractivity contribution is 7.99. The van der Waals surface area contributed by atoms with Gasteiger partial charge in [-0.1, -0.05) is 46.6 Å². The molecule has 0 saturated carbocycles. The molecule has 1 amide bonds. The fourth-order valence-electron chi connectivity index (χ4n) is 2.83. The number of thioether (sulfide) groups is 1. The topological polar surface area (TPSA) is 72.7 Å². The average molecular weight is 491 g/mol. The predicted octanol–water partition coefficient (Wildman–Crippen LogP) is 6.02. The van der Waals surface area contributed by atoms with E-state index in [2.05, 4.69) is 20.5 Å². The first-order valence-corrected chi connectivity index (χ1v) is 11.1. The molecule has 156 valence electrons. The Morgan fingerprint density at radius 2 is 1.58 bits per heavy atom. The van der Waals surface area contributed by atoms with Gasteiger partial charge in [-0.2, -0.15) is 0 Å². The van der Waals surface area contributed by atoms with Crippen LogP contribution in [0.4, 0.5) is 5.69 Å². The lowest BCUT2D eigenvalue weighted by molar-refractivity contribution is -0.113. The smallest absolute Gasteiger partial charge is 0.234 e. The lowest BCUT2D eigenvalue weighted by Gasteiger charge is -2.11. The van der Waals surface area contributed by atoms with Crippen molar-refractivity contribution in [3.8, 4) is 17.1 Å². The van der Waals surface area contributed by atoms with Gasteiger partial charge >= 0.3 is 0 Å². The van der Waals surface area contributed by atoms with Gasteiger partial charge in [-0.3, -0.25) is 14.3 Å². The van der Waals surface area contributed by atoms with Crippen LogP contribution in [0.2, 0.25) is 15.1 Å². The van der Waals surface area contributed by atoms with E-state index < -0.39 is 0 Å². The highest BCUT2D eigenvalue weighted by Crippen LogP contribution is 2.29. The van der Waals surface area contributed by atoms with E-state index in [4.69, 9.17) is 34.8 Å².